The highest BCUT2D eigenvalue weighted by atomic mass is 19.1. The molecule has 0 radical (unpaired) electrons. The molecular formula is C21H21FO. The van der Waals surface area contributed by atoms with Gasteiger partial charge in [-0.3, -0.25) is 4.79 Å². The maximum atomic E-state index is 12.8. The van der Waals surface area contributed by atoms with Gasteiger partial charge in [0.2, 0.25) is 0 Å². The fourth-order valence-corrected chi connectivity index (χ4v) is 2.23. The minimum Gasteiger partial charge on any atom is -0.295 e. The number of hydrogen-bond donors (Lipinski definition) is 0. The van der Waals surface area contributed by atoms with Gasteiger partial charge in [-0.2, -0.15) is 0 Å². The average Bonchev–Trinajstić information content (AvgIpc) is 2.59. The molecule has 0 bridgehead atoms. The van der Waals surface area contributed by atoms with Gasteiger partial charge in [0.1, 0.15) is 5.82 Å². The third kappa shape index (κ3) is 6.03. The fraction of sp³-hybridized carbons (Fsp3) is 0.190. The molecular weight excluding hydrogens is 287 g/mol. The first-order chi connectivity index (χ1) is 11.1. The summed E-state index contributed by atoms with van der Waals surface area (Å²) in [7, 11) is 0. The number of allylic oxidation sites excluding steroid dienone is 3. The number of rotatable bonds is 7. The third-order valence-electron chi connectivity index (χ3n) is 3.72. The van der Waals surface area contributed by atoms with Crippen LogP contribution in [0.4, 0.5) is 4.39 Å². The molecule has 2 aromatic rings. The van der Waals surface area contributed by atoms with E-state index in [-0.39, 0.29) is 17.5 Å². The summed E-state index contributed by atoms with van der Waals surface area (Å²) in [6.07, 6.45) is 8.75. The van der Waals surface area contributed by atoms with Gasteiger partial charge in [-0.1, -0.05) is 67.6 Å². The fourth-order valence-electron chi connectivity index (χ4n) is 2.23. The lowest BCUT2D eigenvalue weighted by molar-refractivity contribution is -0.117. The molecule has 1 atom stereocenters. The topological polar surface area (TPSA) is 17.1 Å². The molecule has 0 N–H and O–H groups in total. The number of carbonyl (C=O) groups excluding carboxylic acids is 1. The molecule has 1 nitrogen and oxygen atoms in total. The molecule has 118 valence electrons. The Bertz CT molecular complexity index is 669. The Morgan fingerprint density at radius 3 is 2.43 bits per heavy atom. The molecule has 0 unspecified atom stereocenters. The highest BCUT2D eigenvalue weighted by Gasteiger charge is 2.09. The van der Waals surface area contributed by atoms with Crippen molar-refractivity contribution in [3.63, 3.8) is 0 Å². The normalized spacial score (nSPS) is 12.8. The Morgan fingerprint density at radius 2 is 1.74 bits per heavy atom. The lowest BCUT2D eigenvalue weighted by atomic mass is 9.97. The maximum absolute atomic E-state index is 12.8. The summed E-state index contributed by atoms with van der Waals surface area (Å²) in [6, 6.07) is 16.4. The summed E-state index contributed by atoms with van der Waals surface area (Å²) in [6.45, 7) is 1.96. The Morgan fingerprint density at radius 1 is 1.04 bits per heavy atom. The molecule has 2 heteroatoms. The zero-order valence-corrected chi connectivity index (χ0v) is 13.3. The molecule has 0 fully saturated rings. The Hall–Kier alpha value is -2.48. The van der Waals surface area contributed by atoms with Crippen molar-refractivity contribution in [2.45, 2.75) is 19.8 Å². The molecule has 0 amide bonds. The summed E-state index contributed by atoms with van der Waals surface area (Å²) >= 11 is 0. The van der Waals surface area contributed by atoms with Gasteiger partial charge in [-0.05, 0) is 42.2 Å². The van der Waals surface area contributed by atoms with Crippen LogP contribution in [-0.2, 0) is 11.2 Å². The van der Waals surface area contributed by atoms with E-state index in [2.05, 4.69) is 12.1 Å². The van der Waals surface area contributed by atoms with Crippen LogP contribution in [-0.4, -0.2) is 5.78 Å². The van der Waals surface area contributed by atoms with Crippen LogP contribution in [0.15, 0.2) is 72.8 Å². The average molecular weight is 308 g/mol. The molecule has 0 saturated carbocycles. The van der Waals surface area contributed by atoms with E-state index in [1.165, 1.54) is 17.7 Å². The molecule has 2 aromatic carbocycles. The van der Waals surface area contributed by atoms with Gasteiger partial charge in [0.25, 0.3) is 0 Å². The zero-order valence-electron chi connectivity index (χ0n) is 13.3. The number of hydrogen-bond acceptors (Lipinski definition) is 1. The predicted molar refractivity (Wildman–Crippen MR) is 93.5 cm³/mol. The first-order valence-corrected chi connectivity index (χ1v) is 7.83. The number of ketones is 1. The van der Waals surface area contributed by atoms with Crippen molar-refractivity contribution >= 4 is 11.9 Å². The highest BCUT2D eigenvalue weighted by molar-refractivity contribution is 5.91. The van der Waals surface area contributed by atoms with Crippen molar-refractivity contribution < 1.29 is 9.18 Å². The van der Waals surface area contributed by atoms with E-state index in [1.807, 2.05) is 31.2 Å². The maximum Gasteiger partial charge on any atom is 0.158 e. The summed E-state index contributed by atoms with van der Waals surface area (Å²) in [5.74, 6) is -0.115. The van der Waals surface area contributed by atoms with E-state index in [0.717, 1.165) is 18.4 Å². The van der Waals surface area contributed by atoms with Crippen molar-refractivity contribution in [2.75, 3.05) is 0 Å². The number of carbonyl (C=O) groups is 1. The SMILES string of the molecule is C[C@H](CCc1ccccc1)C(=O)/C=C/C=C/c1ccc(F)cc1. The van der Waals surface area contributed by atoms with Crippen LogP contribution in [0.25, 0.3) is 6.08 Å². The first-order valence-electron chi connectivity index (χ1n) is 7.83. The Balaban J connectivity index is 1.79. The zero-order chi connectivity index (χ0) is 16.5. The second-order valence-electron chi connectivity index (χ2n) is 5.60. The summed E-state index contributed by atoms with van der Waals surface area (Å²) in [4.78, 5) is 12.0. The Labute approximate surface area is 137 Å². The monoisotopic (exact) mass is 308 g/mol. The molecule has 0 aliphatic carbocycles. The van der Waals surface area contributed by atoms with Crippen LogP contribution in [0.1, 0.15) is 24.5 Å². The standard InChI is InChI=1S/C21H21FO/c1-17(11-12-18-7-3-2-4-8-18)21(23)10-6-5-9-19-13-15-20(22)16-14-19/h2-10,13-17H,11-12H2,1H3/b9-5+,10-6+/t17-/m1/s1. The van der Waals surface area contributed by atoms with Gasteiger partial charge in [0, 0.05) is 5.92 Å². The highest BCUT2D eigenvalue weighted by Crippen LogP contribution is 2.11. The molecule has 23 heavy (non-hydrogen) atoms. The van der Waals surface area contributed by atoms with Crippen LogP contribution >= 0.6 is 0 Å². The van der Waals surface area contributed by atoms with Gasteiger partial charge in [-0.15, -0.1) is 0 Å². The van der Waals surface area contributed by atoms with E-state index in [9.17, 15) is 9.18 Å². The Kier molecular flexibility index (Phi) is 6.49. The summed E-state index contributed by atoms with van der Waals surface area (Å²) in [5.41, 5.74) is 2.16. The molecule has 0 aliphatic heterocycles. The molecule has 0 aliphatic rings. The first kappa shape index (κ1) is 16.9. The molecule has 2 rings (SSSR count). The molecule has 0 spiro atoms. The van der Waals surface area contributed by atoms with Gasteiger partial charge in [-0.25, -0.2) is 4.39 Å². The number of halogens is 1. The van der Waals surface area contributed by atoms with Gasteiger partial charge < -0.3 is 0 Å². The molecule has 0 aromatic heterocycles. The summed E-state index contributed by atoms with van der Waals surface area (Å²) < 4.78 is 12.8. The minimum absolute atomic E-state index is 0.00526. The second kappa shape index (κ2) is 8.84. The largest absolute Gasteiger partial charge is 0.295 e. The lowest BCUT2D eigenvalue weighted by Crippen LogP contribution is -2.08. The van der Waals surface area contributed by atoms with E-state index in [1.54, 1.807) is 30.4 Å². The van der Waals surface area contributed by atoms with Crippen molar-refractivity contribution in [2.24, 2.45) is 5.92 Å². The van der Waals surface area contributed by atoms with Crippen LogP contribution in [0.3, 0.4) is 0 Å². The van der Waals surface area contributed by atoms with E-state index < -0.39 is 0 Å². The molecule has 0 saturated heterocycles. The van der Waals surface area contributed by atoms with E-state index >= 15 is 0 Å². The molecule has 0 heterocycles. The number of aryl methyl sites for hydroxylation is 1. The van der Waals surface area contributed by atoms with Crippen LogP contribution in [0.5, 0.6) is 0 Å². The van der Waals surface area contributed by atoms with Gasteiger partial charge >= 0.3 is 0 Å². The predicted octanol–water partition coefficient (Wildman–Crippen LogP) is 5.23. The van der Waals surface area contributed by atoms with Crippen LogP contribution < -0.4 is 0 Å². The van der Waals surface area contributed by atoms with Crippen LogP contribution in [0.2, 0.25) is 0 Å². The van der Waals surface area contributed by atoms with Crippen molar-refractivity contribution in [3.05, 3.63) is 89.8 Å². The van der Waals surface area contributed by atoms with Crippen molar-refractivity contribution in [1.29, 1.82) is 0 Å². The smallest absolute Gasteiger partial charge is 0.158 e. The quantitative estimate of drug-likeness (QED) is 0.505. The van der Waals surface area contributed by atoms with Gasteiger partial charge in [0.15, 0.2) is 5.78 Å². The van der Waals surface area contributed by atoms with Gasteiger partial charge in [0.05, 0.1) is 0 Å². The van der Waals surface area contributed by atoms with Crippen molar-refractivity contribution in [3.8, 4) is 0 Å². The second-order valence-corrected chi connectivity index (χ2v) is 5.60. The van der Waals surface area contributed by atoms with Crippen molar-refractivity contribution in [1.82, 2.24) is 0 Å². The summed E-state index contributed by atoms with van der Waals surface area (Å²) in [5, 5.41) is 0. The van der Waals surface area contributed by atoms with Crippen LogP contribution in [0, 0.1) is 11.7 Å². The lowest BCUT2D eigenvalue weighted by Gasteiger charge is -2.07. The number of benzene rings is 2. The third-order valence-corrected chi connectivity index (χ3v) is 3.72. The minimum atomic E-state index is -0.250. The van der Waals surface area contributed by atoms with E-state index in [4.69, 9.17) is 0 Å². The van der Waals surface area contributed by atoms with E-state index in [0.29, 0.717) is 0 Å².